The Hall–Kier alpha value is -2.23. The van der Waals surface area contributed by atoms with Crippen LogP contribution in [0.15, 0.2) is 42.6 Å². The molecule has 2 rings (SSSR count). The molecule has 0 atom stereocenters. The van der Waals surface area contributed by atoms with E-state index in [0.29, 0.717) is 13.2 Å². The second kappa shape index (κ2) is 6.64. The van der Waals surface area contributed by atoms with Crippen LogP contribution in [0.1, 0.15) is 12.5 Å². The number of methoxy groups -OCH3 is 1. The predicted molar refractivity (Wildman–Crippen MR) is 75.7 cm³/mol. The first-order valence-electron chi connectivity index (χ1n) is 6.28. The lowest BCUT2D eigenvalue weighted by molar-refractivity contribution is 0.310. The summed E-state index contributed by atoms with van der Waals surface area (Å²) in [5.41, 5.74) is 1.12. The van der Waals surface area contributed by atoms with Crippen LogP contribution in [-0.2, 0) is 6.54 Å². The summed E-state index contributed by atoms with van der Waals surface area (Å²) in [6, 6.07) is 11.7. The number of rotatable bonds is 6. The molecular weight excluding hydrogens is 240 g/mol. The average Bonchev–Trinajstić information content (AvgIpc) is 2.47. The summed E-state index contributed by atoms with van der Waals surface area (Å²) in [6.07, 6.45) is 1.76. The molecule has 100 valence electrons. The number of anilines is 1. The Morgan fingerprint density at radius 1 is 1.16 bits per heavy atom. The van der Waals surface area contributed by atoms with Crippen molar-refractivity contribution in [2.45, 2.75) is 13.5 Å². The van der Waals surface area contributed by atoms with Gasteiger partial charge in [0, 0.05) is 12.7 Å². The Morgan fingerprint density at radius 3 is 2.74 bits per heavy atom. The van der Waals surface area contributed by atoms with Gasteiger partial charge in [0.05, 0.1) is 13.7 Å². The minimum atomic E-state index is 0.627. The molecule has 0 fully saturated rings. The molecule has 4 heteroatoms. The molecule has 4 nitrogen and oxygen atoms in total. The van der Waals surface area contributed by atoms with E-state index in [4.69, 9.17) is 9.47 Å². The standard InChI is InChI=1S/C15H18N2O2/c1-3-19-13-8-7-12(10-14(13)18-2)11-17-15-6-4-5-9-16-15/h4-10H,3,11H2,1-2H3,(H,16,17). The van der Waals surface area contributed by atoms with Gasteiger partial charge in [-0.25, -0.2) is 4.98 Å². The number of pyridine rings is 1. The van der Waals surface area contributed by atoms with Crippen LogP contribution < -0.4 is 14.8 Å². The van der Waals surface area contributed by atoms with Gasteiger partial charge in [-0.3, -0.25) is 0 Å². The highest BCUT2D eigenvalue weighted by Crippen LogP contribution is 2.28. The van der Waals surface area contributed by atoms with Crippen molar-refractivity contribution in [2.75, 3.05) is 19.0 Å². The Labute approximate surface area is 113 Å². The SMILES string of the molecule is CCOc1ccc(CNc2ccccn2)cc1OC. The van der Waals surface area contributed by atoms with Gasteiger partial charge in [0.1, 0.15) is 5.82 Å². The molecule has 0 bridgehead atoms. The van der Waals surface area contributed by atoms with E-state index in [-0.39, 0.29) is 0 Å². The topological polar surface area (TPSA) is 43.4 Å². The first kappa shape index (κ1) is 13.2. The van der Waals surface area contributed by atoms with Gasteiger partial charge in [-0.2, -0.15) is 0 Å². The molecule has 19 heavy (non-hydrogen) atoms. The van der Waals surface area contributed by atoms with Gasteiger partial charge < -0.3 is 14.8 Å². The van der Waals surface area contributed by atoms with Crippen molar-refractivity contribution in [1.29, 1.82) is 0 Å². The van der Waals surface area contributed by atoms with Gasteiger partial charge >= 0.3 is 0 Å². The summed E-state index contributed by atoms with van der Waals surface area (Å²) in [6.45, 7) is 3.28. The molecule has 1 heterocycles. The number of hydrogen-bond acceptors (Lipinski definition) is 4. The Balaban J connectivity index is 2.05. The molecule has 1 aromatic heterocycles. The molecule has 0 amide bonds. The van der Waals surface area contributed by atoms with Gasteiger partial charge in [0.2, 0.25) is 0 Å². The van der Waals surface area contributed by atoms with Crippen molar-refractivity contribution in [3.63, 3.8) is 0 Å². The number of benzene rings is 1. The van der Waals surface area contributed by atoms with Crippen LogP contribution in [0.3, 0.4) is 0 Å². The maximum absolute atomic E-state index is 5.49. The summed E-state index contributed by atoms with van der Waals surface area (Å²) < 4.78 is 10.8. The van der Waals surface area contributed by atoms with Crippen LogP contribution in [0.5, 0.6) is 11.5 Å². The zero-order valence-corrected chi connectivity index (χ0v) is 11.2. The van der Waals surface area contributed by atoms with Crippen LogP contribution in [-0.4, -0.2) is 18.7 Å². The van der Waals surface area contributed by atoms with Gasteiger partial charge in [0.25, 0.3) is 0 Å². The van der Waals surface area contributed by atoms with Crippen LogP contribution in [0, 0.1) is 0 Å². The molecular formula is C15H18N2O2. The average molecular weight is 258 g/mol. The fraction of sp³-hybridized carbons (Fsp3) is 0.267. The number of hydrogen-bond donors (Lipinski definition) is 1. The number of nitrogens with zero attached hydrogens (tertiary/aromatic N) is 1. The summed E-state index contributed by atoms with van der Waals surface area (Å²) in [5.74, 6) is 2.38. The number of ether oxygens (including phenoxy) is 2. The number of aromatic nitrogens is 1. The lowest BCUT2D eigenvalue weighted by atomic mass is 10.2. The second-order valence-corrected chi connectivity index (χ2v) is 3.99. The Kier molecular flexibility index (Phi) is 4.61. The second-order valence-electron chi connectivity index (χ2n) is 3.99. The third-order valence-electron chi connectivity index (χ3n) is 2.67. The minimum absolute atomic E-state index is 0.627. The molecule has 1 N–H and O–H groups in total. The van der Waals surface area contributed by atoms with E-state index in [1.165, 1.54) is 0 Å². The maximum Gasteiger partial charge on any atom is 0.161 e. The molecule has 0 aliphatic heterocycles. The zero-order valence-electron chi connectivity index (χ0n) is 11.2. The van der Waals surface area contributed by atoms with E-state index in [0.717, 1.165) is 22.9 Å². The van der Waals surface area contributed by atoms with Crippen molar-refractivity contribution in [1.82, 2.24) is 4.98 Å². The quantitative estimate of drug-likeness (QED) is 0.864. The zero-order chi connectivity index (χ0) is 13.5. The van der Waals surface area contributed by atoms with Crippen molar-refractivity contribution in [2.24, 2.45) is 0 Å². The van der Waals surface area contributed by atoms with E-state index in [2.05, 4.69) is 10.3 Å². The molecule has 0 radical (unpaired) electrons. The first-order valence-corrected chi connectivity index (χ1v) is 6.28. The summed E-state index contributed by atoms with van der Waals surface area (Å²) in [7, 11) is 1.65. The Morgan fingerprint density at radius 2 is 2.05 bits per heavy atom. The molecule has 0 saturated heterocycles. The summed E-state index contributed by atoms with van der Waals surface area (Å²) in [5, 5.41) is 3.26. The molecule has 1 aromatic carbocycles. The number of nitrogens with one attached hydrogen (secondary N) is 1. The fourth-order valence-electron chi connectivity index (χ4n) is 1.76. The lowest BCUT2D eigenvalue weighted by Crippen LogP contribution is -2.02. The first-order chi connectivity index (χ1) is 9.33. The van der Waals surface area contributed by atoms with Gasteiger partial charge in [0.15, 0.2) is 11.5 Å². The third-order valence-corrected chi connectivity index (χ3v) is 2.67. The molecule has 0 aliphatic rings. The Bertz CT molecular complexity index is 515. The van der Waals surface area contributed by atoms with Gasteiger partial charge in [-0.1, -0.05) is 12.1 Å². The molecule has 0 unspecified atom stereocenters. The van der Waals surface area contributed by atoms with Crippen LogP contribution >= 0.6 is 0 Å². The lowest BCUT2D eigenvalue weighted by Gasteiger charge is -2.11. The van der Waals surface area contributed by atoms with Crippen molar-refractivity contribution in [3.8, 4) is 11.5 Å². The monoisotopic (exact) mass is 258 g/mol. The van der Waals surface area contributed by atoms with Crippen molar-refractivity contribution in [3.05, 3.63) is 48.2 Å². The highest BCUT2D eigenvalue weighted by atomic mass is 16.5. The molecule has 0 aliphatic carbocycles. The maximum atomic E-state index is 5.49. The van der Waals surface area contributed by atoms with Gasteiger partial charge in [-0.15, -0.1) is 0 Å². The third kappa shape index (κ3) is 3.61. The highest BCUT2D eigenvalue weighted by molar-refractivity contribution is 5.44. The van der Waals surface area contributed by atoms with Gasteiger partial charge in [-0.05, 0) is 36.8 Å². The predicted octanol–water partition coefficient (Wildman–Crippen LogP) is 3.10. The molecule has 0 saturated carbocycles. The van der Waals surface area contributed by atoms with E-state index >= 15 is 0 Å². The van der Waals surface area contributed by atoms with E-state index in [1.54, 1.807) is 13.3 Å². The minimum Gasteiger partial charge on any atom is -0.493 e. The van der Waals surface area contributed by atoms with E-state index in [9.17, 15) is 0 Å². The van der Waals surface area contributed by atoms with Crippen molar-refractivity contribution >= 4 is 5.82 Å². The van der Waals surface area contributed by atoms with E-state index < -0.39 is 0 Å². The van der Waals surface area contributed by atoms with E-state index in [1.807, 2.05) is 43.3 Å². The largest absolute Gasteiger partial charge is 0.493 e. The summed E-state index contributed by atoms with van der Waals surface area (Å²) in [4.78, 5) is 4.22. The van der Waals surface area contributed by atoms with Crippen LogP contribution in [0.25, 0.3) is 0 Å². The van der Waals surface area contributed by atoms with Crippen molar-refractivity contribution < 1.29 is 9.47 Å². The molecule has 0 spiro atoms. The summed E-state index contributed by atoms with van der Waals surface area (Å²) >= 11 is 0. The smallest absolute Gasteiger partial charge is 0.161 e. The van der Waals surface area contributed by atoms with Crippen LogP contribution in [0.4, 0.5) is 5.82 Å². The normalized spacial score (nSPS) is 10.0. The highest BCUT2D eigenvalue weighted by Gasteiger charge is 2.05. The van der Waals surface area contributed by atoms with Crippen LogP contribution in [0.2, 0.25) is 0 Å². The fourth-order valence-corrected chi connectivity index (χ4v) is 1.76. The molecule has 2 aromatic rings.